The van der Waals surface area contributed by atoms with Crippen LogP contribution in [0, 0.1) is 6.92 Å². The summed E-state index contributed by atoms with van der Waals surface area (Å²) in [4.78, 5) is 15.8. The molecular weight excluding hydrogens is 234 g/mol. The molecule has 2 aromatic rings. The summed E-state index contributed by atoms with van der Waals surface area (Å²) in [6.07, 6.45) is 4.96. The third kappa shape index (κ3) is 3.42. The van der Waals surface area contributed by atoms with E-state index in [0.29, 0.717) is 12.2 Å². The van der Waals surface area contributed by atoms with Crippen molar-refractivity contribution in [2.75, 3.05) is 6.54 Å². The smallest absolute Gasteiger partial charge is 0.270 e. The third-order valence-electron chi connectivity index (χ3n) is 2.40. The molecular formula is C12H15N3OS. The Kier molecular flexibility index (Phi) is 3.93. The van der Waals surface area contributed by atoms with Crippen molar-refractivity contribution in [2.24, 2.45) is 0 Å². The van der Waals surface area contributed by atoms with Gasteiger partial charge in [0.1, 0.15) is 5.69 Å². The molecule has 0 spiro atoms. The standard InChI is InChI=1S/C12H15N3OS/c1-10-14-11(9-17-10)12(16)13-5-4-8-15-6-2-3-7-15/h2-3,6-7,9H,4-5,8H2,1H3,(H,13,16). The van der Waals surface area contributed by atoms with E-state index in [0.717, 1.165) is 18.0 Å². The number of thiazole rings is 1. The van der Waals surface area contributed by atoms with E-state index in [2.05, 4.69) is 14.9 Å². The molecule has 0 aliphatic rings. The van der Waals surface area contributed by atoms with Gasteiger partial charge >= 0.3 is 0 Å². The molecule has 0 radical (unpaired) electrons. The summed E-state index contributed by atoms with van der Waals surface area (Å²) in [5, 5.41) is 5.57. The van der Waals surface area contributed by atoms with Crippen LogP contribution in [0.15, 0.2) is 29.9 Å². The minimum Gasteiger partial charge on any atom is -0.354 e. The molecule has 0 aliphatic heterocycles. The van der Waals surface area contributed by atoms with Crippen LogP contribution in [-0.4, -0.2) is 22.0 Å². The summed E-state index contributed by atoms with van der Waals surface area (Å²) in [6.45, 7) is 3.49. The van der Waals surface area contributed by atoms with Crippen molar-refractivity contribution >= 4 is 17.2 Å². The van der Waals surface area contributed by atoms with Gasteiger partial charge in [-0.05, 0) is 25.5 Å². The monoisotopic (exact) mass is 249 g/mol. The van der Waals surface area contributed by atoms with Crippen LogP contribution in [-0.2, 0) is 6.54 Å². The Labute approximate surface area is 104 Å². The molecule has 2 rings (SSSR count). The Hall–Kier alpha value is -1.62. The van der Waals surface area contributed by atoms with Gasteiger partial charge in [0.15, 0.2) is 0 Å². The molecule has 0 aromatic carbocycles. The Morgan fingerprint density at radius 2 is 2.24 bits per heavy atom. The second-order valence-electron chi connectivity index (χ2n) is 3.78. The number of nitrogens with zero attached hydrogens (tertiary/aromatic N) is 2. The van der Waals surface area contributed by atoms with Crippen LogP contribution >= 0.6 is 11.3 Å². The van der Waals surface area contributed by atoms with E-state index in [4.69, 9.17) is 0 Å². The first kappa shape index (κ1) is 11.9. The molecule has 1 N–H and O–H groups in total. The highest BCUT2D eigenvalue weighted by Gasteiger charge is 2.07. The zero-order valence-corrected chi connectivity index (χ0v) is 10.5. The SMILES string of the molecule is Cc1nc(C(=O)NCCCn2cccc2)cs1. The van der Waals surface area contributed by atoms with Crippen LogP contribution in [0.25, 0.3) is 0 Å². The van der Waals surface area contributed by atoms with E-state index >= 15 is 0 Å². The highest BCUT2D eigenvalue weighted by Crippen LogP contribution is 2.07. The fourth-order valence-electron chi connectivity index (χ4n) is 1.54. The minimum absolute atomic E-state index is 0.0816. The lowest BCUT2D eigenvalue weighted by molar-refractivity contribution is 0.0948. The second-order valence-corrected chi connectivity index (χ2v) is 4.84. The number of hydrogen-bond donors (Lipinski definition) is 1. The van der Waals surface area contributed by atoms with Crippen molar-refractivity contribution in [1.29, 1.82) is 0 Å². The first-order valence-corrected chi connectivity index (χ1v) is 6.45. The molecule has 0 bridgehead atoms. The zero-order valence-electron chi connectivity index (χ0n) is 9.72. The summed E-state index contributed by atoms with van der Waals surface area (Å²) in [6, 6.07) is 3.99. The molecule has 0 atom stereocenters. The van der Waals surface area contributed by atoms with Gasteiger partial charge in [-0.15, -0.1) is 11.3 Å². The van der Waals surface area contributed by atoms with Gasteiger partial charge in [0.2, 0.25) is 0 Å². The summed E-state index contributed by atoms with van der Waals surface area (Å²) in [7, 11) is 0. The predicted octanol–water partition coefficient (Wildman–Crippen LogP) is 2.07. The fraction of sp³-hybridized carbons (Fsp3) is 0.333. The highest BCUT2D eigenvalue weighted by molar-refractivity contribution is 7.09. The normalized spacial score (nSPS) is 10.4. The molecule has 2 aromatic heterocycles. The average Bonchev–Trinajstić information content (AvgIpc) is 2.95. The van der Waals surface area contributed by atoms with Gasteiger partial charge in [-0.25, -0.2) is 4.98 Å². The molecule has 0 saturated heterocycles. The van der Waals surface area contributed by atoms with E-state index < -0.39 is 0 Å². The van der Waals surface area contributed by atoms with E-state index in [-0.39, 0.29) is 5.91 Å². The van der Waals surface area contributed by atoms with Crippen LogP contribution in [0.1, 0.15) is 21.9 Å². The quantitative estimate of drug-likeness (QED) is 0.825. The van der Waals surface area contributed by atoms with Gasteiger partial charge in [0.25, 0.3) is 5.91 Å². The van der Waals surface area contributed by atoms with Crippen LogP contribution < -0.4 is 5.32 Å². The highest BCUT2D eigenvalue weighted by atomic mass is 32.1. The van der Waals surface area contributed by atoms with E-state index in [1.54, 1.807) is 5.38 Å². The largest absolute Gasteiger partial charge is 0.354 e. The fourth-order valence-corrected chi connectivity index (χ4v) is 2.13. The number of amides is 1. The molecule has 0 aliphatic carbocycles. The van der Waals surface area contributed by atoms with E-state index in [1.165, 1.54) is 11.3 Å². The van der Waals surface area contributed by atoms with Crippen molar-refractivity contribution in [3.8, 4) is 0 Å². The molecule has 1 amide bonds. The Morgan fingerprint density at radius 3 is 2.88 bits per heavy atom. The lowest BCUT2D eigenvalue weighted by Gasteiger charge is -2.04. The van der Waals surface area contributed by atoms with Crippen molar-refractivity contribution in [3.05, 3.63) is 40.6 Å². The van der Waals surface area contributed by atoms with E-state index in [1.807, 2.05) is 31.5 Å². The van der Waals surface area contributed by atoms with Crippen LogP contribution in [0.2, 0.25) is 0 Å². The zero-order chi connectivity index (χ0) is 12.1. The number of carbonyl (C=O) groups is 1. The second kappa shape index (κ2) is 5.63. The molecule has 0 fully saturated rings. The van der Waals surface area contributed by atoms with Gasteiger partial charge in [0, 0.05) is 30.9 Å². The number of aryl methyl sites for hydroxylation is 2. The lowest BCUT2D eigenvalue weighted by Crippen LogP contribution is -2.25. The molecule has 4 nitrogen and oxygen atoms in total. The number of hydrogen-bond acceptors (Lipinski definition) is 3. The van der Waals surface area contributed by atoms with Gasteiger partial charge < -0.3 is 9.88 Å². The van der Waals surface area contributed by atoms with Gasteiger partial charge in [-0.1, -0.05) is 0 Å². The van der Waals surface area contributed by atoms with Crippen molar-refractivity contribution in [3.63, 3.8) is 0 Å². The Bertz CT molecular complexity index is 476. The Balaban J connectivity index is 1.70. The van der Waals surface area contributed by atoms with Gasteiger partial charge in [-0.3, -0.25) is 4.79 Å². The van der Waals surface area contributed by atoms with Gasteiger partial charge in [-0.2, -0.15) is 0 Å². The van der Waals surface area contributed by atoms with E-state index in [9.17, 15) is 4.79 Å². The van der Waals surface area contributed by atoms with Crippen molar-refractivity contribution in [1.82, 2.24) is 14.9 Å². The Morgan fingerprint density at radius 1 is 1.47 bits per heavy atom. The summed E-state index contributed by atoms with van der Waals surface area (Å²) >= 11 is 1.49. The molecule has 0 unspecified atom stereocenters. The molecule has 2 heterocycles. The number of nitrogens with one attached hydrogen (secondary N) is 1. The summed E-state index contributed by atoms with van der Waals surface area (Å²) in [5.74, 6) is -0.0816. The third-order valence-corrected chi connectivity index (χ3v) is 3.17. The molecule has 90 valence electrons. The van der Waals surface area contributed by atoms with Crippen LogP contribution in [0.4, 0.5) is 0 Å². The van der Waals surface area contributed by atoms with Crippen molar-refractivity contribution in [2.45, 2.75) is 19.9 Å². The summed E-state index contributed by atoms with van der Waals surface area (Å²) in [5.41, 5.74) is 0.522. The first-order valence-electron chi connectivity index (χ1n) is 5.57. The molecule has 5 heteroatoms. The topological polar surface area (TPSA) is 46.9 Å². The minimum atomic E-state index is -0.0816. The van der Waals surface area contributed by atoms with Crippen LogP contribution in [0.3, 0.4) is 0 Å². The maximum Gasteiger partial charge on any atom is 0.270 e. The number of carbonyl (C=O) groups excluding carboxylic acids is 1. The summed E-state index contributed by atoms with van der Waals surface area (Å²) < 4.78 is 2.10. The molecule has 17 heavy (non-hydrogen) atoms. The maximum absolute atomic E-state index is 11.6. The van der Waals surface area contributed by atoms with Crippen molar-refractivity contribution < 1.29 is 4.79 Å². The van der Waals surface area contributed by atoms with Crippen LogP contribution in [0.5, 0.6) is 0 Å². The molecule has 0 saturated carbocycles. The lowest BCUT2D eigenvalue weighted by atomic mass is 10.4. The first-order chi connectivity index (χ1) is 8.25. The average molecular weight is 249 g/mol. The number of aromatic nitrogens is 2. The maximum atomic E-state index is 11.6. The van der Waals surface area contributed by atoms with Gasteiger partial charge in [0.05, 0.1) is 5.01 Å². The number of rotatable bonds is 5. The predicted molar refractivity (Wildman–Crippen MR) is 68.2 cm³/mol.